The first-order valence-corrected chi connectivity index (χ1v) is 7.73. The van der Waals surface area contributed by atoms with Crippen molar-refractivity contribution in [3.8, 4) is 11.5 Å². The first kappa shape index (κ1) is 16.2. The minimum absolute atomic E-state index is 0.546. The minimum Gasteiger partial charge on any atom is -0.455 e. The van der Waals surface area contributed by atoms with E-state index in [1.807, 2.05) is 24.3 Å². The van der Waals surface area contributed by atoms with Crippen LogP contribution in [-0.4, -0.2) is 6.54 Å². The highest BCUT2D eigenvalue weighted by molar-refractivity contribution is 6.34. The van der Waals surface area contributed by atoms with Gasteiger partial charge in [0.15, 0.2) is 0 Å². The van der Waals surface area contributed by atoms with E-state index in [9.17, 15) is 0 Å². The number of ether oxygens (including phenoxy) is 1. The predicted octanol–water partition coefficient (Wildman–Crippen LogP) is 5.53. The summed E-state index contributed by atoms with van der Waals surface area (Å²) in [5, 5.41) is 4.56. The molecule has 1 N–H and O–H groups in total. The van der Waals surface area contributed by atoms with Gasteiger partial charge >= 0.3 is 0 Å². The predicted molar refractivity (Wildman–Crippen MR) is 89.5 cm³/mol. The van der Waals surface area contributed by atoms with Crippen LogP contribution in [0.1, 0.15) is 19.4 Å². The molecule has 0 aromatic heterocycles. The van der Waals surface area contributed by atoms with Crippen LogP contribution in [0.3, 0.4) is 0 Å². The first-order valence-electron chi connectivity index (χ1n) is 6.98. The zero-order valence-corrected chi connectivity index (χ0v) is 13.7. The van der Waals surface area contributed by atoms with E-state index in [0.717, 1.165) is 24.4 Å². The zero-order valence-electron chi connectivity index (χ0n) is 12.2. The molecule has 0 unspecified atom stereocenters. The zero-order chi connectivity index (χ0) is 15.2. The van der Waals surface area contributed by atoms with Crippen molar-refractivity contribution in [1.82, 2.24) is 5.32 Å². The average Bonchev–Trinajstić information content (AvgIpc) is 2.44. The van der Waals surface area contributed by atoms with Gasteiger partial charge in [-0.15, -0.1) is 0 Å². The van der Waals surface area contributed by atoms with Gasteiger partial charge in [-0.1, -0.05) is 55.2 Å². The van der Waals surface area contributed by atoms with Crippen molar-refractivity contribution in [1.29, 1.82) is 0 Å². The molecular weight excluding hydrogens is 305 g/mol. The molecule has 0 radical (unpaired) electrons. The molecule has 0 spiro atoms. The maximum Gasteiger partial charge on any atom is 0.147 e. The summed E-state index contributed by atoms with van der Waals surface area (Å²) in [5.41, 5.74) is 1.09. The van der Waals surface area contributed by atoms with E-state index in [0.29, 0.717) is 21.7 Å². The van der Waals surface area contributed by atoms with Gasteiger partial charge in [0.25, 0.3) is 0 Å². The summed E-state index contributed by atoms with van der Waals surface area (Å²) in [6, 6.07) is 13.1. The molecule has 0 fully saturated rings. The Morgan fingerprint density at radius 1 is 1.05 bits per heavy atom. The Labute approximate surface area is 136 Å². The van der Waals surface area contributed by atoms with Crippen LogP contribution >= 0.6 is 23.2 Å². The summed E-state index contributed by atoms with van der Waals surface area (Å²) in [6.07, 6.45) is 0. The van der Waals surface area contributed by atoms with E-state index < -0.39 is 0 Å². The van der Waals surface area contributed by atoms with E-state index in [2.05, 4.69) is 19.2 Å². The molecule has 0 atom stereocenters. The molecule has 0 aliphatic heterocycles. The number of benzene rings is 2. The smallest absolute Gasteiger partial charge is 0.147 e. The molecule has 2 rings (SSSR count). The van der Waals surface area contributed by atoms with Crippen LogP contribution in [0.25, 0.3) is 0 Å². The topological polar surface area (TPSA) is 21.3 Å². The van der Waals surface area contributed by atoms with E-state index in [1.54, 1.807) is 18.2 Å². The fourth-order valence-electron chi connectivity index (χ4n) is 1.92. The Kier molecular flexibility index (Phi) is 5.92. The van der Waals surface area contributed by atoms with Crippen molar-refractivity contribution in [2.24, 2.45) is 5.92 Å². The second-order valence-corrected chi connectivity index (χ2v) is 6.15. The molecule has 0 aliphatic rings. The van der Waals surface area contributed by atoms with Gasteiger partial charge < -0.3 is 10.1 Å². The molecule has 0 saturated carbocycles. The maximum atomic E-state index is 6.15. The number of para-hydroxylation sites is 1. The molecule has 0 bridgehead atoms. The highest BCUT2D eigenvalue weighted by Gasteiger charge is 2.08. The second-order valence-electron chi connectivity index (χ2n) is 5.31. The normalized spacial score (nSPS) is 10.9. The summed E-state index contributed by atoms with van der Waals surface area (Å²) in [6.45, 7) is 6.08. The number of hydrogen-bond acceptors (Lipinski definition) is 2. The van der Waals surface area contributed by atoms with Gasteiger partial charge in [0.1, 0.15) is 11.5 Å². The third-order valence-electron chi connectivity index (χ3n) is 2.95. The van der Waals surface area contributed by atoms with Crippen molar-refractivity contribution < 1.29 is 4.74 Å². The van der Waals surface area contributed by atoms with Gasteiger partial charge in [0, 0.05) is 23.2 Å². The molecular formula is C17H19Cl2NO. The first-order chi connectivity index (χ1) is 10.1. The van der Waals surface area contributed by atoms with Crippen molar-refractivity contribution in [3.05, 3.63) is 58.1 Å². The summed E-state index contributed by atoms with van der Waals surface area (Å²) in [7, 11) is 0. The molecule has 2 aromatic carbocycles. The lowest BCUT2D eigenvalue weighted by Crippen LogP contribution is -2.19. The molecule has 0 saturated heterocycles. The average molecular weight is 324 g/mol. The fourth-order valence-corrected chi connectivity index (χ4v) is 2.24. The number of nitrogens with one attached hydrogen (secondary N) is 1. The van der Waals surface area contributed by atoms with Gasteiger partial charge in [-0.25, -0.2) is 0 Å². The standard InChI is InChI=1S/C17H19Cl2NO/c1-12(2)10-20-11-13-5-3-4-6-16(13)21-17-9-14(18)7-8-15(17)19/h3-9,12,20H,10-11H2,1-2H3. The lowest BCUT2D eigenvalue weighted by Gasteiger charge is -2.13. The minimum atomic E-state index is 0.546. The molecule has 112 valence electrons. The van der Waals surface area contributed by atoms with Crippen LogP contribution < -0.4 is 10.1 Å². The number of rotatable bonds is 6. The van der Waals surface area contributed by atoms with Crippen molar-refractivity contribution in [3.63, 3.8) is 0 Å². The lowest BCUT2D eigenvalue weighted by molar-refractivity contribution is 0.469. The van der Waals surface area contributed by atoms with Gasteiger partial charge in [-0.05, 0) is 30.7 Å². The summed E-state index contributed by atoms with van der Waals surface area (Å²) in [5.74, 6) is 1.97. The van der Waals surface area contributed by atoms with E-state index in [-0.39, 0.29) is 0 Å². The van der Waals surface area contributed by atoms with Gasteiger partial charge in [-0.3, -0.25) is 0 Å². The second kappa shape index (κ2) is 7.69. The van der Waals surface area contributed by atoms with Crippen LogP contribution in [0.15, 0.2) is 42.5 Å². The molecule has 4 heteroatoms. The molecule has 0 amide bonds. The van der Waals surface area contributed by atoms with Crippen molar-refractivity contribution >= 4 is 23.2 Å². The molecule has 2 nitrogen and oxygen atoms in total. The van der Waals surface area contributed by atoms with Gasteiger partial charge in [-0.2, -0.15) is 0 Å². The summed E-state index contributed by atoms with van der Waals surface area (Å²) < 4.78 is 5.92. The van der Waals surface area contributed by atoms with Crippen LogP contribution in [0, 0.1) is 5.92 Å². The molecule has 21 heavy (non-hydrogen) atoms. The van der Waals surface area contributed by atoms with Crippen LogP contribution in [0.5, 0.6) is 11.5 Å². The molecule has 0 heterocycles. The van der Waals surface area contributed by atoms with E-state index in [4.69, 9.17) is 27.9 Å². The Morgan fingerprint density at radius 2 is 1.81 bits per heavy atom. The quantitative estimate of drug-likeness (QED) is 0.754. The Hall–Kier alpha value is -1.22. The molecule has 0 aliphatic carbocycles. The Morgan fingerprint density at radius 3 is 2.57 bits per heavy atom. The SMILES string of the molecule is CC(C)CNCc1ccccc1Oc1cc(Cl)ccc1Cl. The summed E-state index contributed by atoms with van der Waals surface area (Å²) in [4.78, 5) is 0. The number of hydrogen-bond donors (Lipinski definition) is 1. The highest BCUT2D eigenvalue weighted by atomic mass is 35.5. The lowest BCUT2D eigenvalue weighted by atomic mass is 10.2. The van der Waals surface area contributed by atoms with Gasteiger partial charge in [0.05, 0.1) is 5.02 Å². The van der Waals surface area contributed by atoms with E-state index in [1.165, 1.54) is 0 Å². The molecule has 2 aromatic rings. The van der Waals surface area contributed by atoms with Crippen LogP contribution in [-0.2, 0) is 6.54 Å². The number of halogens is 2. The Balaban J connectivity index is 2.14. The van der Waals surface area contributed by atoms with Crippen LogP contribution in [0.2, 0.25) is 10.0 Å². The fraction of sp³-hybridized carbons (Fsp3) is 0.294. The third-order valence-corrected chi connectivity index (χ3v) is 3.50. The summed E-state index contributed by atoms with van der Waals surface area (Å²) >= 11 is 12.1. The van der Waals surface area contributed by atoms with Crippen LogP contribution in [0.4, 0.5) is 0 Å². The van der Waals surface area contributed by atoms with Crippen molar-refractivity contribution in [2.45, 2.75) is 20.4 Å². The monoisotopic (exact) mass is 323 g/mol. The largest absolute Gasteiger partial charge is 0.455 e. The maximum absolute atomic E-state index is 6.15. The van der Waals surface area contributed by atoms with E-state index >= 15 is 0 Å². The third kappa shape index (κ3) is 4.92. The highest BCUT2D eigenvalue weighted by Crippen LogP contribution is 2.33. The van der Waals surface area contributed by atoms with Gasteiger partial charge in [0.2, 0.25) is 0 Å². The Bertz CT molecular complexity index is 599. The van der Waals surface area contributed by atoms with Crippen molar-refractivity contribution in [2.75, 3.05) is 6.54 Å².